The van der Waals surface area contributed by atoms with Crippen molar-refractivity contribution in [2.45, 2.75) is 37.9 Å². The molecule has 3 N–H and O–H groups in total. The predicted octanol–water partition coefficient (Wildman–Crippen LogP) is 4.39. The first-order chi connectivity index (χ1) is 13.2. The molecule has 1 atom stereocenters. The van der Waals surface area contributed by atoms with E-state index in [0.717, 1.165) is 5.56 Å². The number of nitrogens with one attached hydrogen (secondary N) is 2. The first kappa shape index (κ1) is 21.3. The molecule has 2 aromatic rings. The van der Waals surface area contributed by atoms with E-state index in [1.54, 1.807) is 42.5 Å². The van der Waals surface area contributed by atoms with E-state index in [1.165, 1.54) is 12.1 Å². The Bertz CT molecular complexity index is 795. The molecule has 0 aliphatic heterocycles. The van der Waals surface area contributed by atoms with E-state index in [9.17, 15) is 22.8 Å². The van der Waals surface area contributed by atoms with Crippen molar-refractivity contribution in [2.75, 3.05) is 5.32 Å². The minimum absolute atomic E-state index is 0.0781. The van der Waals surface area contributed by atoms with Crippen LogP contribution in [0.3, 0.4) is 0 Å². The van der Waals surface area contributed by atoms with E-state index in [0.29, 0.717) is 11.3 Å². The van der Waals surface area contributed by atoms with Gasteiger partial charge >= 0.3 is 18.2 Å². The maximum Gasteiger partial charge on any atom is 0.408 e. The lowest BCUT2D eigenvalue weighted by Gasteiger charge is -2.22. The third-order valence-corrected chi connectivity index (χ3v) is 4.08. The summed E-state index contributed by atoms with van der Waals surface area (Å²) < 4.78 is 39.8. The fraction of sp³-hybridized carbons (Fsp3) is 0.300. The molecule has 2 amide bonds. The molecule has 28 heavy (non-hydrogen) atoms. The maximum absolute atomic E-state index is 13.3. The largest absolute Gasteiger partial charge is 0.481 e. The van der Waals surface area contributed by atoms with E-state index < -0.39 is 24.2 Å². The molecular formula is C20H21F3N2O3. The second-order valence-electron chi connectivity index (χ2n) is 6.31. The van der Waals surface area contributed by atoms with Crippen molar-refractivity contribution >= 4 is 17.7 Å². The van der Waals surface area contributed by atoms with Gasteiger partial charge in [0.05, 0.1) is 0 Å². The lowest BCUT2D eigenvalue weighted by molar-refractivity contribution is -0.154. The summed E-state index contributed by atoms with van der Waals surface area (Å²) in [5, 5.41) is 13.1. The Balaban J connectivity index is 1.95. The van der Waals surface area contributed by atoms with Gasteiger partial charge in [0, 0.05) is 12.1 Å². The highest BCUT2D eigenvalue weighted by molar-refractivity contribution is 5.89. The summed E-state index contributed by atoms with van der Waals surface area (Å²) in [5.41, 5.74) is 1.71. The van der Waals surface area contributed by atoms with E-state index in [-0.39, 0.29) is 25.7 Å². The van der Waals surface area contributed by atoms with Crippen LogP contribution in [0.5, 0.6) is 0 Å². The summed E-state index contributed by atoms with van der Waals surface area (Å²) in [6.07, 6.45) is -4.50. The second kappa shape index (κ2) is 9.77. The molecule has 1 unspecified atom stereocenters. The number of anilines is 1. The Labute approximate surface area is 160 Å². The molecule has 0 bridgehead atoms. The highest BCUT2D eigenvalue weighted by Crippen LogP contribution is 2.24. The Kier molecular flexibility index (Phi) is 7.43. The van der Waals surface area contributed by atoms with Crippen LogP contribution in [0, 0.1) is 0 Å². The van der Waals surface area contributed by atoms with Crippen molar-refractivity contribution in [3.63, 3.8) is 0 Å². The molecule has 0 aromatic heterocycles. The minimum Gasteiger partial charge on any atom is -0.481 e. The summed E-state index contributed by atoms with van der Waals surface area (Å²) in [7, 11) is 0. The van der Waals surface area contributed by atoms with Crippen LogP contribution in [-0.2, 0) is 17.6 Å². The summed E-state index contributed by atoms with van der Waals surface area (Å²) in [6, 6.07) is 12.1. The zero-order valence-corrected chi connectivity index (χ0v) is 15.0. The molecule has 0 aliphatic rings. The SMILES string of the molecule is O=C(O)CCc1cccc(NC(=O)NC(CCc2ccccc2)C(F)(F)F)c1. The topological polar surface area (TPSA) is 78.4 Å². The highest BCUT2D eigenvalue weighted by Gasteiger charge is 2.40. The highest BCUT2D eigenvalue weighted by atomic mass is 19.4. The third-order valence-electron chi connectivity index (χ3n) is 4.08. The Morgan fingerprint density at radius 1 is 0.964 bits per heavy atom. The molecule has 0 radical (unpaired) electrons. The van der Waals surface area contributed by atoms with Crippen molar-refractivity contribution < 1.29 is 27.9 Å². The van der Waals surface area contributed by atoms with Gasteiger partial charge in [-0.15, -0.1) is 0 Å². The van der Waals surface area contributed by atoms with Gasteiger partial charge in [-0.3, -0.25) is 4.79 Å². The van der Waals surface area contributed by atoms with Crippen LogP contribution in [-0.4, -0.2) is 29.3 Å². The van der Waals surface area contributed by atoms with E-state index in [4.69, 9.17) is 5.11 Å². The molecule has 0 saturated carbocycles. The minimum atomic E-state index is -4.57. The van der Waals surface area contributed by atoms with E-state index in [1.807, 2.05) is 5.32 Å². The smallest absolute Gasteiger partial charge is 0.408 e. The molecule has 0 fully saturated rings. The molecule has 0 aliphatic carbocycles. The summed E-state index contributed by atoms with van der Waals surface area (Å²) in [6.45, 7) is 0. The Morgan fingerprint density at radius 2 is 1.64 bits per heavy atom. The fourth-order valence-electron chi connectivity index (χ4n) is 2.65. The number of aryl methyl sites for hydroxylation is 2. The van der Waals surface area contributed by atoms with Crippen LogP contribution in [0.4, 0.5) is 23.7 Å². The number of carbonyl (C=O) groups excluding carboxylic acids is 1. The monoisotopic (exact) mass is 394 g/mol. The van der Waals surface area contributed by atoms with Crippen molar-refractivity contribution in [1.82, 2.24) is 5.32 Å². The first-order valence-corrected chi connectivity index (χ1v) is 8.73. The van der Waals surface area contributed by atoms with Crippen LogP contribution in [0.25, 0.3) is 0 Å². The molecule has 2 aromatic carbocycles. The fourth-order valence-corrected chi connectivity index (χ4v) is 2.65. The second-order valence-corrected chi connectivity index (χ2v) is 6.31. The van der Waals surface area contributed by atoms with Gasteiger partial charge < -0.3 is 15.7 Å². The van der Waals surface area contributed by atoms with Crippen LogP contribution in [0.2, 0.25) is 0 Å². The van der Waals surface area contributed by atoms with Gasteiger partial charge in [0.1, 0.15) is 6.04 Å². The van der Waals surface area contributed by atoms with Gasteiger partial charge in [-0.05, 0) is 42.5 Å². The predicted molar refractivity (Wildman–Crippen MR) is 99.2 cm³/mol. The molecular weight excluding hydrogens is 373 g/mol. The lowest BCUT2D eigenvalue weighted by Crippen LogP contribution is -2.47. The first-order valence-electron chi connectivity index (χ1n) is 8.73. The molecule has 2 rings (SSSR count). The summed E-state index contributed by atoms with van der Waals surface area (Å²) in [5.74, 6) is -0.956. The number of carboxylic acid groups (broad SMARTS) is 1. The molecule has 8 heteroatoms. The normalized spacial score (nSPS) is 12.2. The average Bonchev–Trinajstić information content (AvgIpc) is 2.63. The van der Waals surface area contributed by atoms with E-state index in [2.05, 4.69) is 5.32 Å². The number of alkyl halides is 3. The number of urea groups is 1. The molecule has 0 heterocycles. The van der Waals surface area contributed by atoms with Crippen molar-refractivity contribution in [3.05, 3.63) is 65.7 Å². The van der Waals surface area contributed by atoms with Crippen LogP contribution < -0.4 is 10.6 Å². The van der Waals surface area contributed by atoms with Gasteiger partial charge in [-0.1, -0.05) is 42.5 Å². The number of carboxylic acids is 1. The molecule has 5 nitrogen and oxygen atoms in total. The number of halogens is 3. The summed E-state index contributed by atoms with van der Waals surface area (Å²) >= 11 is 0. The number of amides is 2. The standard InChI is InChI=1S/C20H21F3N2O3/c21-20(22,23)17(11-9-14-5-2-1-3-6-14)25-19(28)24-16-8-4-7-15(13-16)10-12-18(26)27/h1-8,13,17H,9-12H2,(H,26,27)(H2,24,25,28). The quantitative estimate of drug-likeness (QED) is 0.621. The van der Waals surface area contributed by atoms with Crippen molar-refractivity contribution in [2.24, 2.45) is 0 Å². The van der Waals surface area contributed by atoms with Gasteiger partial charge in [-0.25, -0.2) is 4.79 Å². The number of aliphatic carboxylic acids is 1. The van der Waals surface area contributed by atoms with Gasteiger partial charge in [0.2, 0.25) is 0 Å². The number of hydrogen-bond donors (Lipinski definition) is 3. The van der Waals surface area contributed by atoms with Crippen LogP contribution in [0.15, 0.2) is 54.6 Å². The lowest BCUT2D eigenvalue weighted by atomic mass is 10.1. The number of hydrogen-bond acceptors (Lipinski definition) is 2. The van der Waals surface area contributed by atoms with Gasteiger partial charge in [0.25, 0.3) is 0 Å². The van der Waals surface area contributed by atoms with Crippen LogP contribution >= 0.6 is 0 Å². The van der Waals surface area contributed by atoms with E-state index >= 15 is 0 Å². The average molecular weight is 394 g/mol. The third kappa shape index (κ3) is 7.30. The number of carbonyl (C=O) groups is 2. The summed E-state index contributed by atoms with van der Waals surface area (Å²) in [4.78, 5) is 22.7. The zero-order valence-electron chi connectivity index (χ0n) is 15.0. The van der Waals surface area contributed by atoms with Crippen molar-refractivity contribution in [1.29, 1.82) is 0 Å². The number of rotatable bonds is 8. The molecule has 0 spiro atoms. The Morgan fingerprint density at radius 3 is 2.29 bits per heavy atom. The van der Waals surface area contributed by atoms with Crippen LogP contribution in [0.1, 0.15) is 24.0 Å². The number of benzene rings is 2. The van der Waals surface area contributed by atoms with Crippen molar-refractivity contribution in [3.8, 4) is 0 Å². The Hall–Kier alpha value is -3.03. The van der Waals surface area contributed by atoms with Gasteiger partial charge in [-0.2, -0.15) is 13.2 Å². The molecule has 0 saturated heterocycles. The molecule has 150 valence electrons. The zero-order chi connectivity index (χ0) is 20.6. The maximum atomic E-state index is 13.3. The van der Waals surface area contributed by atoms with Gasteiger partial charge in [0.15, 0.2) is 0 Å².